The molecule has 1 unspecified atom stereocenters. The normalized spacial score (nSPS) is 17.8. The first kappa shape index (κ1) is 18.9. The Kier molecular flexibility index (Phi) is 7.03. The zero-order valence-electron chi connectivity index (χ0n) is 15.4. The van der Waals surface area contributed by atoms with Gasteiger partial charge in [0.05, 0.1) is 5.69 Å². The Bertz CT molecular complexity index is 688. The third-order valence-electron chi connectivity index (χ3n) is 4.83. The van der Waals surface area contributed by atoms with Crippen LogP contribution in [-0.4, -0.2) is 42.5 Å². The maximum Gasteiger partial charge on any atom is 0.220 e. The molecule has 1 saturated heterocycles. The van der Waals surface area contributed by atoms with Crippen molar-refractivity contribution < 1.29 is 4.79 Å². The van der Waals surface area contributed by atoms with Crippen LogP contribution >= 0.6 is 11.3 Å². The van der Waals surface area contributed by atoms with Crippen molar-refractivity contribution in [1.29, 1.82) is 0 Å². The van der Waals surface area contributed by atoms with Gasteiger partial charge in [-0.15, -0.1) is 11.3 Å². The monoisotopic (exact) mass is 372 g/mol. The molecule has 1 aliphatic rings. The number of hydrogen-bond acceptors (Lipinski definition) is 5. The quantitative estimate of drug-likeness (QED) is 0.747. The van der Waals surface area contributed by atoms with Crippen LogP contribution in [-0.2, 0) is 17.8 Å². The number of anilines is 1. The molecule has 1 aromatic carbocycles. The molecule has 2 aromatic rings. The third-order valence-corrected chi connectivity index (χ3v) is 5.73. The van der Waals surface area contributed by atoms with Crippen molar-refractivity contribution >= 4 is 22.4 Å². The molecule has 1 aliphatic heterocycles. The molecule has 2 N–H and O–H groups in total. The summed E-state index contributed by atoms with van der Waals surface area (Å²) < 4.78 is 0. The summed E-state index contributed by atoms with van der Waals surface area (Å²) in [5.74, 6) is 0.691. The van der Waals surface area contributed by atoms with Crippen LogP contribution in [0.25, 0.3) is 0 Å². The number of piperidine rings is 1. The second-order valence-corrected chi connectivity index (χ2v) is 7.79. The molecule has 6 heteroatoms. The van der Waals surface area contributed by atoms with E-state index in [1.165, 1.54) is 18.4 Å². The third kappa shape index (κ3) is 5.81. The number of carbonyl (C=O) groups is 1. The van der Waals surface area contributed by atoms with E-state index in [-0.39, 0.29) is 5.91 Å². The Morgan fingerprint density at radius 1 is 1.35 bits per heavy atom. The highest BCUT2D eigenvalue weighted by molar-refractivity contribution is 7.13. The highest BCUT2D eigenvalue weighted by Crippen LogP contribution is 2.20. The number of rotatable bonds is 8. The van der Waals surface area contributed by atoms with Crippen LogP contribution in [0.4, 0.5) is 5.13 Å². The fraction of sp³-hybridized carbons (Fsp3) is 0.500. The largest absolute Gasteiger partial charge is 0.365 e. The molecule has 0 aliphatic carbocycles. The van der Waals surface area contributed by atoms with Gasteiger partial charge >= 0.3 is 0 Å². The van der Waals surface area contributed by atoms with Crippen LogP contribution in [0.1, 0.15) is 30.5 Å². The second kappa shape index (κ2) is 9.69. The molecule has 0 saturated carbocycles. The Balaban J connectivity index is 1.38. The van der Waals surface area contributed by atoms with Gasteiger partial charge in [-0.2, -0.15) is 0 Å². The fourth-order valence-corrected chi connectivity index (χ4v) is 4.10. The summed E-state index contributed by atoms with van der Waals surface area (Å²) >= 11 is 1.65. The number of aromatic nitrogens is 1. The summed E-state index contributed by atoms with van der Waals surface area (Å²) in [6.07, 6.45) is 3.75. The molecule has 3 rings (SSSR count). The molecule has 26 heavy (non-hydrogen) atoms. The molecule has 0 bridgehead atoms. The fourth-order valence-electron chi connectivity index (χ4n) is 3.43. The first-order valence-corrected chi connectivity index (χ1v) is 10.3. The molecule has 0 spiro atoms. The summed E-state index contributed by atoms with van der Waals surface area (Å²) in [6, 6.07) is 10.2. The number of hydrogen-bond donors (Lipinski definition) is 2. The highest BCUT2D eigenvalue weighted by Gasteiger charge is 2.21. The number of benzene rings is 1. The van der Waals surface area contributed by atoms with Gasteiger partial charge in [0.2, 0.25) is 5.91 Å². The van der Waals surface area contributed by atoms with Crippen molar-refractivity contribution in [3.05, 3.63) is 47.0 Å². The molecule has 1 aromatic heterocycles. The molecule has 1 amide bonds. The van der Waals surface area contributed by atoms with Gasteiger partial charge in [0.1, 0.15) is 0 Å². The Hall–Kier alpha value is -1.92. The van der Waals surface area contributed by atoms with E-state index in [1.807, 2.05) is 25.2 Å². The molecule has 2 heterocycles. The number of likely N-dealkylation sites (tertiary alicyclic amines) is 1. The van der Waals surface area contributed by atoms with Crippen molar-refractivity contribution in [1.82, 2.24) is 15.2 Å². The Labute approximate surface area is 159 Å². The van der Waals surface area contributed by atoms with Gasteiger partial charge in [-0.25, -0.2) is 4.98 Å². The van der Waals surface area contributed by atoms with Gasteiger partial charge in [-0.1, -0.05) is 30.3 Å². The predicted molar refractivity (Wildman–Crippen MR) is 107 cm³/mol. The topological polar surface area (TPSA) is 57.3 Å². The molecular formula is C20H28N4OS. The van der Waals surface area contributed by atoms with E-state index in [4.69, 9.17) is 0 Å². The summed E-state index contributed by atoms with van der Waals surface area (Å²) in [7, 11) is 1.90. The minimum Gasteiger partial charge on any atom is -0.365 e. The van der Waals surface area contributed by atoms with Crippen LogP contribution in [0.3, 0.4) is 0 Å². The molecule has 5 nitrogen and oxygen atoms in total. The number of thiazole rings is 1. The summed E-state index contributed by atoms with van der Waals surface area (Å²) in [4.78, 5) is 19.2. The minimum absolute atomic E-state index is 0.157. The number of carbonyl (C=O) groups excluding carboxylic acids is 1. The average molecular weight is 373 g/mol. The first-order chi connectivity index (χ1) is 12.7. The Morgan fingerprint density at radius 3 is 2.96 bits per heavy atom. The molecular weight excluding hydrogens is 344 g/mol. The van der Waals surface area contributed by atoms with Gasteiger partial charge in [-0.05, 0) is 37.3 Å². The second-order valence-electron chi connectivity index (χ2n) is 6.93. The summed E-state index contributed by atoms with van der Waals surface area (Å²) in [5.41, 5.74) is 2.35. The SMILES string of the molecule is CNc1nc(CN2CCCC(CNC(=O)CCc3ccccc3)C2)cs1. The van der Waals surface area contributed by atoms with E-state index in [9.17, 15) is 4.79 Å². The lowest BCUT2D eigenvalue weighted by Crippen LogP contribution is -2.40. The molecule has 140 valence electrons. The first-order valence-electron chi connectivity index (χ1n) is 9.38. The number of nitrogens with zero attached hydrogens (tertiary/aromatic N) is 2. The molecule has 1 atom stereocenters. The zero-order chi connectivity index (χ0) is 18.2. The van der Waals surface area contributed by atoms with Gasteiger partial charge < -0.3 is 10.6 Å². The van der Waals surface area contributed by atoms with Crippen molar-refractivity contribution in [2.45, 2.75) is 32.2 Å². The van der Waals surface area contributed by atoms with Crippen LogP contribution in [0, 0.1) is 5.92 Å². The van der Waals surface area contributed by atoms with E-state index < -0.39 is 0 Å². The van der Waals surface area contributed by atoms with Crippen LogP contribution in [0.15, 0.2) is 35.7 Å². The summed E-state index contributed by atoms with van der Waals surface area (Å²) in [6.45, 7) is 3.83. The van der Waals surface area contributed by atoms with Crippen LogP contribution < -0.4 is 10.6 Å². The van der Waals surface area contributed by atoms with E-state index in [0.717, 1.165) is 43.4 Å². The maximum absolute atomic E-state index is 12.1. The zero-order valence-corrected chi connectivity index (χ0v) is 16.2. The van der Waals surface area contributed by atoms with E-state index in [1.54, 1.807) is 11.3 Å². The lowest BCUT2D eigenvalue weighted by Gasteiger charge is -2.32. The van der Waals surface area contributed by atoms with Gasteiger partial charge in [0.15, 0.2) is 5.13 Å². The molecule has 0 radical (unpaired) electrons. The predicted octanol–water partition coefficient (Wildman–Crippen LogP) is 3.15. The van der Waals surface area contributed by atoms with Crippen molar-refractivity contribution in [3.63, 3.8) is 0 Å². The van der Waals surface area contributed by atoms with E-state index >= 15 is 0 Å². The van der Waals surface area contributed by atoms with E-state index in [2.05, 4.69) is 38.0 Å². The lowest BCUT2D eigenvalue weighted by atomic mass is 9.97. The van der Waals surface area contributed by atoms with Crippen LogP contribution in [0.2, 0.25) is 0 Å². The Morgan fingerprint density at radius 2 is 2.19 bits per heavy atom. The van der Waals surface area contributed by atoms with Gasteiger partial charge in [-0.3, -0.25) is 9.69 Å². The van der Waals surface area contributed by atoms with E-state index in [0.29, 0.717) is 12.3 Å². The lowest BCUT2D eigenvalue weighted by molar-refractivity contribution is -0.121. The van der Waals surface area contributed by atoms with Crippen LogP contribution in [0.5, 0.6) is 0 Å². The standard InChI is InChI=1S/C20H28N4OS/c1-21-20-23-18(15-26-20)14-24-11-5-8-17(13-24)12-22-19(25)10-9-16-6-3-2-4-7-16/h2-4,6-7,15,17H,5,8-14H2,1H3,(H,21,23)(H,22,25). The maximum atomic E-state index is 12.1. The number of amides is 1. The minimum atomic E-state index is 0.157. The number of nitrogens with one attached hydrogen (secondary N) is 2. The van der Waals surface area contributed by atoms with Crippen molar-refractivity contribution in [2.24, 2.45) is 5.92 Å². The summed E-state index contributed by atoms with van der Waals surface area (Å²) in [5, 5.41) is 9.32. The highest BCUT2D eigenvalue weighted by atomic mass is 32.1. The molecule has 1 fully saturated rings. The van der Waals surface area contributed by atoms with Gasteiger partial charge in [0, 0.05) is 38.5 Å². The van der Waals surface area contributed by atoms with Crippen molar-refractivity contribution in [2.75, 3.05) is 32.0 Å². The smallest absolute Gasteiger partial charge is 0.220 e. The average Bonchev–Trinajstić information content (AvgIpc) is 3.13. The van der Waals surface area contributed by atoms with Gasteiger partial charge in [0.25, 0.3) is 0 Å². The number of aryl methyl sites for hydroxylation is 1. The van der Waals surface area contributed by atoms with Crippen molar-refractivity contribution in [3.8, 4) is 0 Å².